The molecule has 1 aromatic carbocycles. The number of carbonyl (C=O) groups excluding carboxylic acids is 2. The van der Waals surface area contributed by atoms with E-state index in [1.807, 2.05) is 6.92 Å². The van der Waals surface area contributed by atoms with Crippen LogP contribution < -0.4 is 14.8 Å². The quantitative estimate of drug-likeness (QED) is 0.809. The number of methoxy groups -OCH3 is 2. The van der Waals surface area contributed by atoms with Crippen LogP contribution in [0, 0.1) is 6.92 Å². The number of hydrogen-bond acceptors (Lipinski definition) is 5. The summed E-state index contributed by atoms with van der Waals surface area (Å²) in [5.74, 6) is 0.265. The van der Waals surface area contributed by atoms with Gasteiger partial charge in [-0.3, -0.25) is 4.79 Å². The van der Waals surface area contributed by atoms with Gasteiger partial charge in [0.2, 0.25) is 5.91 Å². The Bertz CT molecular complexity index is 527. The van der Waals surface area contributed by atoms with Crippen molar-refractivity contribution in [3.05, 3.63) is 23.3 Å². The summed E-state index contributed by atoms with van der Waals surface area (Å²) in [6.07, 6.45) is 0. The summed E-state index contributed by atoms with van der Waals surface area (Å²) in [7, 11) is 3.05. The van der Waals surface area contributed by atoms with Gasteiger partial charge >= 0.3 is 5.97 Å². The summed E-state index contributed by atoms with van der Waals surface area (Å²) >= 11 is 0. The van der Waals surface area contributed by atoms with Crippen LogP contribution in [-0.4, -0.2) is 32.7 Å². The Morgan fingerprint density at radius 3 is 2.38 bits per heavy atom. The molecule has 0 saturated carbocycles. The van der Waals surface area contributed by atoms with Crippen LogP contribution in [0.5, 0.6) is 11.5 Å². The van der Waals surface area contributed by atoms with E-state index in [-0.39, 0.29) is 12.5 Å². The summed E-state index contributed by atoms with van der Waals surface area (Å²) < 4.78 is 15.6. The van der Waals surface area contributed by atoms with E-state index in [4.69, 9.17) is 14.2 Å². The third kappa shape index (κ3) is 3.87. The molecule has 1 atom stereocenters. The van der Waals surface area contributed by atoms with E-state index in [0.717, 1.165) is 5.56 Å². The minimum absolute atomic E-state index is 0.229. The molecule has 0 saturated heterocycles. The van der Waals surface area contributed by atoms with Crippen molar-refractivity contribution >= 4 is 11.9 Å². The van der Waals surface area contributed by atoms with Gasteiger partial charge in [-0.15, -0.1) is 0 Å². The van der Waals surface area contributed by atoms with E-state index in [9.17, 15) is 9.59 Å². The molecule has 0 unspecified atom stereocenters. The maximum atomic E-state index is 12.1. The summed E-state index contributed by atoms with van der Waals surface area (Å²) in [5.41, 5.74) is 1.28. The Morgan fingerprint density at radius 1 is 1.24 bits per heavy atom. The molecule has 0 bridgehead atoms. The van der Waals surface area contributed by atoms with Crippen LogP contribution in [0.1, 0.15) is 31.0 Å². The van der Waals surface area contributed by atoms with E-state index in [1.165, 1.54) is 14.0 Å². The normalized spacial score (nSPS) is 11.5. The molecule has 0 spiro atoms. The number of amides is 1. The van der Waals surface area contributed by atoms with Crippen LogP contribution in [-0.2, 0) is 14.3 Å². The molecule has 116 valence electrons. The third-order valence-electron chi connectivity index (χ3n) is 2.99. The van der Waals surface area contributed by atoms with Gasteiger partial charge in [-0.25, -0.2) is 4.79 Å². The van der Waals surface area contributed by atoms with Crippen LogP contribution in [0.25, 0.3) is 0 Å². The zero-order valence-electron chi connectivity index (χ0n) is 13.0. The standard InChI is InChI=1S/C15H21NO5/c1-6-21-15(18)13(16-10(3)17)11-7-8-12(19-4)9(2)14(11)20-5/h7-8,13H,6H2,1-5H3,(H,16,17)/t13-/m1/s1. The first-order valence-corrected chi connectivity index (χ1v) is 6.61. The van der Waals surface area contributed by atoms with E-state index < -0.39 is 12.0 Å². The van der Waals surface area contributed by atoms with Crippen molar-refractivity contribution in [2.75, 3.05) is 20.8 Å². The molecule has 0 aliphatic carbocycles. The van der Waals surface area contributed by atoms with Crippen molar-refractivity contribution < 1.29 is 23.8 Å². The molecule has 1 amide bonds. The molecule has 6 heteroatoms. The Hall–Kier alpha value is -2.24. The van der Waals surface area contributed by atoms with E-state index in [2.05, 4.69) is 5.32 Å². The Morgan fingerprint density at radius 2 is 1.90 bits per heavy atom. The third-order valence-corrected chi connectivity index (χ3v) is 2.99. The highest BCUT2D eigenvalue weighted by molar-refractivity contribution is 5.85. The largest absolute Gasteiger partial charge is 0.496 e. The number of benzene rings is 1. The molecule has 0 radical (unpaired) electrons. The SMILES string of the molecule is CCOC(=O)[C@H](NC(C)=O)c1ccc(OC)c(C)c1OC. The van der Waals surface area contributed by atoms with Crippen molar-refractivity contribution in [2.45, 2.75) is 26.8 Å². The van der Waals surface area contributed by atoms with Crippen molar-refractivity contribution in [1.29, 1.82) is 0 Å². The molecule has 6 nitrogen and oxygen atoms in total. The monoisotopic (exact) mass is 295 g/mol. The van der Waals surface area contributed by atoms with Crippen LogP contribution in [0.2, 0.25) is 0 Å². The molecule has 1 N–H and O–H groups in total. The van der Waals surface area contributed by atoms with Crippen molar-refractivity contribution in [1.82, 2.24) is 5.32 Å². The van der Waals surface area contributed by atoms with Crippen molar-refractivity contribution in [2.24, 2.45) is 0 Å². The van der Waals surface area contributed by atoms with Gasteiger partial charge in [0.25, 0.3) is 0 Å². The number of nitrogens with one attached hydrogen (secondary N) is 1. The van der Waals surface area contributed by atoms with Crippen molar-refractivity contribution in [3.63, 3.8) is 0 Å². The van der Waals surface area contributed by atoms with Crippen LogP contribution in [0.15, 0.2) is 12.1 Å². The van der Waals surface area contributed by atoms with E-state index in [1.54, 1.807) is 26.2 Å². The van der Waals surface area contributed by atoms with Gasteiger partial charge in [-0.05, 0) is 26.0 Å². The minimum atomic E-state index is -0.915. The van der Waals surface area contributed by atoms with Gasteiger partial charge in [0.05, 0.1) is 20.8 Å². The summed E-state index contributed by atoms with van der Waals surface area (Å²) in [6.45, 7) is 5.10. The lowest BCUT2D eigenvalue weighted by Gasteiger charge is -2.21. The maximum absolute atomic E-state index is 12.1. The Balaban J connectivity index is 3.32. The second kappa shape index (κ2) is 7.52. The topological polar surface area (TPSA) is 73.9 Å². The van der Waals surface area contributed by atoms with Gasteiger partial charge < -0.3 is 19.5 Å². The Kier molecular flexibility index (Phi) is 6.02. The fourth-order valence-corrected chi connectivity index (χ4v) is 2.11. The second-order valence-electron chi connectivity index (χ2n) is 4.40. The molecule has 1 rings (SSSR count). The van der Waals surface area contributed by atoms with Gasteiger partial charge in [0.15, 0.2) is 6.04 Å². The first-order chi connectivity index (χ1) is 9.96. The molecule has 0 aliphatic heterocycles. The fourth-order valence-electron chi connectivity index (χ4n) is 2.11. The lowest BCUT2D eigenvalue weighted by atomic mass is 10.0. The maximum Gasteiger partial charge on any atom is 0.333 e. The van der Waals surface area contributed by atoms with Crippen molar-refractivity contribution in [3.8, 4) is 11.5 Å². The van der Waals surface area contributed by atoms with Gasteiger partial charge in [0.1, 0.15) is 11.5 Å². The molecule has 0 heterocycles. The molecular weight excluding hydrogens is 274 g/mol. The second-order valence-corrected chi connectivity index (χ2v) is 4.40. The highest BCUT2D eigenvalue weighted by Gasteiger charge is 2.27. The molecule has 0 aliphatic rings. The lowest BCUT2D eigenvalue weighted by Crippen LogP contribution is -2.33. The minimum Gasteiger partial charge on any atom is -0.496 e. The van der Waals surface area contributed by atoms with Gasteiger partial charge in [-0.1, -0.05) is 0 Å². The molecule has 1 aromatic rings. The number of rotatable bonds is 6. The smallest absolute Gasteiger partial charge is 0.333 e. The highest BCUT2D eigenvalue weighted by atomic mass is 16.5. The number of hydrogen-bond donors (Lipinski definition) is 1. The predicted octanol–water partition coefficient (Wildman–Crippen LogP) is 1.75. The Labute approximate surface area is 124 Å². The average Bonchev–Trinajstić information content (AvgIpc) is 2.44. The lowest BCUT2D eigenvalue weighted by molar-refractivity contribution is -0.147. The number of ether oxygens (including phenoxy) is 3. The zero-order chi connectivity index (χ0) is 16.0. The molecule has 0 aromatic heterocycles. The molecular formula is C15H21NO5. The first-order valence-electron chi connectivity index (χ1n) is 6.61. The van der Waals surface area contributed by atoms with Gasteiger partial charge in [0, 0.05) is 18.1 Å². The van der Waals surface area contributed by atoms with Crippen LogP contribution >= 0.6 is 0 Å². The van der Waals surface area contributed by atoms with E-state index in [0.29, 0.717) is 17.1 Å². The molecule has 0 fully saturated rings. The van der Waals surface area contributed by atoms with Gasteiger partial charge in [-0.2, -0.15) is 0 Å². The van der Waals surface area contributed by atoms with Crippen LogP contribution in [0.3, 0.4) is 0 Å². The fraction of sp³-hybridized carbons (Fsp3) is 0.467. The number of carbonyl (C=O) groups is 2. The summed E-state index contributed by atoms with van der Waals surface area (Å²) in [4.78, 5) is 23.4. The molecule has 21 heavy (non-hydrogen) atoms. The predicted molar refractivity (Wildman–Crippen MR) is 77.5 cm³/mol. The highest BCUT2D eigenvalue weighted by Crippen LogP contribution is 2.35. The average molecular weight is 295 g/mol. The summed E-state index contributed by atoms with van der Waals surface area (Å²) in [6, 6.07) is 2.49. The van der Waals surface area contributed by atoms with Crippen LogP contribution in [0.4, 0.5) is 0 Å². The number of esters is 1. The van der Waals surface area contributed by atoms with E-state index >= 15 is 0 Å². The summed E-state index contributed by atoms with van der Waals surface area (Å²) in [5, 5.41) is 2.59. The first kappa shape index (κ1) is 16.8. The zero-order valence-corrected chi connectivity index (χ0v) is 13.0.